The van der Waals surface area contributed by atoms with Crippen LogP contribution in [-0.2, 0) is 7.05 Å². The van der Waals surface area contributed by atoms with Gasteiger partial charge in [-0.1, -0.05) is 37.6 Å². The fraction of sp³-hybridized carbons (Fsp3) is 0.200. The molecule has 0 radical (unpaired) electrons. The van der Waals surface area contributed by atoms with Gasteiger partial charge < -0.3 is 10.6 Å². The van der Waals surface area contributed by atoms with Gasteiger partial charge in [0.1, 0.15) is 5.82 Å². The molecule has 2 amide bonds. The van der Waals surface area contributed by atoms with E-state index in [2.05, 4.69) is 20.7 Å². The van der Waals surface area contributed by atoms with Crippen molar-refractivity contribution in [3.63, 3.8) is 0 Å². The summed E-state index contributed by atoms with van der Waals surface area (Å²) in [5.74, 6) is -0.173. The Morgan fingerprint density at radius 2 is 1.82 bits per heavy atom. The lowest BCUT2D eigenvalue weighted by atomic mass is 10.1. The van der Waals surface area contributed by atoms with Gasteiger partial charge in [-0.2, -0.15) is 5.10 Å². The van der Waals surface area contributed by atoms with E-state index in [9.17, 15) is 9.59 Å². The molecule has 2 N–H and O–H groups in total. The summed E-state index contributed by atoms with van der Waals surface area (Å²) < 4.78 is 1.68. The third-order valence-corrected chi connectivity index (χ3v) is 4.35. The molecule has 144 valence electrons. The lowest BCUT2D eigenvalue weighted by Gasteiger charge is -2.10. The second-order valence-corrected chi connectivity index (χ2v) is 6.98. The number of pyridine rings is 1. The molecule has 3 rings (SSSR count). The number of nitrogens with zero attached hydrogens (tertiary/aromatic N) is 3. The van der Waals surface area contributed by atoms with Gasteiger partial charge in [0.05, 0.1) is 16.3 Å². The summed E-state index contributed by atoms with van der Waals surface area (Å²) in [6, 6.07) is 11.7. The summed E-state index contributed by atoms with van der Waals surface area (Å²) in [6.45, 7) is 4.06. The van der Waals surface area contributed by atoms with Gasteiger partial charge in [0, 0.05) is 18.9 Å². The van der Waals surface area contributed by atoms with E-state index in [0.29, 0.717) is 27.8 Å². The van der Waals surface area contributed by atoms with Gasteiger partial charge in [0.15, 0.2) is 5.69 Å². The molecule has 28 heavy (non-hydrogen) atoms. The molecule has 0 saturated heterocycles. The van der Waals surface area contributed by atoms with Crippen LogP contribution in [0.3, 0.4) is 0 Å². The molecule has 0 atom stereocenters. The summed E-state index contributed by atoms with van der Waals surface area (Å²) in [5, 5.41) is 10.2. The van der Waals surface area contributed by atoms with Crippen LogP contribution in [0.15, 0.2) is 48.7 Å². The van der Waals surface area contributed by atoms with Crippen molar-refractivity contribution in [2.24, 2.45) is 7.05 Å². The van der Waals surface area contributed by atoms with Gasteiger partial charge in [0.2, 0.25) is 0 Å². The van der Waals surface area contributed by atoms with E-state index in [1.165, 1.54) is 6.20 Å². The molecule has 0 aliphatic heterocycles. The maximum atomic E-state index is 12.6. The Morgan fingerprint density at radius 3 is 2.46 bits per heavy atom. The topological polar surface area (TPSA) is 88.9 Å². The number of aryl methyl sites for hydroxylation is 1. The number of para-hydroxylation sites is 1. The Morgan fingerprint density at radius 1 is 1.07 bits per heavy atom. The van der Waals surface area contributed by atoms with Crippen LogP contribution in [0.5, 0.6) is 0 Å². The van der Waals surface area contributed by atoms with Crippen LogP contribution in [0.4, 0.5) is 11.5 Å². The van der Waals surface area contributed by atoms with Crippen LogP contribution >= 0.6 is 11.6 Å². The summed E-state index contributed by atoms with van der Waals surface area (Å²) in [6.07, 6.45) is 1.44. The Balaban J connectivity index is 1.80. The standard InChI is InChI=1S/C20H20ClN5O2/c1-12(2)17-10-16(25-26(17)3)20(28)23-15-7-5-4-6-14(15)19(27)24-18-9-8-13(21)11-22-18/h4-12H,1-3H3,(H,23,28)(H,22,24,27). The molecule has 0 fully saturated rings. The number of halogens is 1. The predicted molar refractivity (Wildman–Crippen MR) is 109 cm³/mol. The molecule has 0 unspecified atom stereocenters. The second kappa shape index (κ2) is 8.22. The average molecular weight is 398 g/mol. The van der Waals surface area contributed by atoms with Crippen molar-refractivity contribution < 1.29 is 9.59 Å². The lowest BCUT2D eigenvalue weighted by Crippen LogP contribution is -2.19. The van der Waals surface area contributed by atoms with Crippen molar-refractivity contribution in [3.8, 4) is 0 Å². The van der Waals surface area contributed by atoms with E-state index in [0.717, 1.165) is 5.69 Å². The fourth-order valence-electron chi connectivity index (χ4n) is 2.74. The highest BCUT2D eigenvalue weighted by atomic mass is 35.5. The van der Waals surface area contributed by atoms with E-state index in [-0.39, 0.29) is 11.8 Å². The van der Waals surface area contributed by atoms with E-state index in [1.54, 1.807) is 54.2 Å². The first-order valence-electron chi connectivity index (χ1n) is 8.72. The van der Waals surface area contributed by atoms with Crippen molar-refractivity contribution in [2.75, 3.05) is 10.6 Å². The largest absolute Gasteiger partial charge is 0.320 e. The first-order valence-corrected chi connectivity index (χ1v) is 9.10. The van der Waals surface area contributed by atoms with Crippen molar-refractivity contribution in [2.45, 2.75) is 19.8 Å². The first-order chi connectivity index (χ1) is 13.3. The van der Waals surface area contributed by atoms with E-state index in [1.807, 2.05) is 13.8 Å². The van der Waals surface area contributed by atoms with Crippen LogP contribution < -0.4 is 10.6 Å². The number of amides is 2. The first kappa shape index (κ1) is 19.6. The number of benzene rings is 1. The highest BCUT2D eigenvalue weighted by Crippen LogP contribution is 2.20. The van der Waals surface area contributed by atoms with Crippen molar-refractivity contribution in [3.05, 3.63) is 70.6 Å². The maximum Gasteiger partial charge on any atom is 0.276 e. The Hall–Kier alpha value is -3.19. The highest BCUT2D eigenvalue weighted by Gasteiger charge is 2.18. The highest BCUT2D eigenvalue weighted by molar-refractivity contribution is 6.30. The van der Waals surface area contributed by atoms with Crippen LogP contribution in [-0.4, -0.2) is 26.6 Å². The lowest BCUT2D eigenvalue weighted by molar-refractivity contribution is 0.102. The zero-order valence-corrected chi connectivity index (χ0v) is 16.5. The molecule has 8 heteroatoms. The minimum atomic E-state index is -0.394. The molecule has 0 aliphatic rings. The molecule has 0 aliphatic carbocycles. The number of rotatable bonds is 5. The molecule has 7 nitrogen and oxygen atoms in total. The number of hydrogen-bond acceptors (Lipinski definition) is 4. The van der Waals surface area contributed by atoms with Crippen molar-refractivity contribution >= 4 is 34.9 Å². The molecule has 2 heterocycles. The molecular formula is C20H20ClN5O2. The summed E-state index contributed by atoms with van der Waals surface area (Å²) in [4.78, 5) is 29.3. The van der Waals surface area contributed by atoms with Gasteiger partial charge in [0.25, 0.3) is 11.8 Å². The van der Waals surface area contributed by atoms with Gasteiger partial charge in [-0.25, -0.2) is 4.98 Å². The minimum Gasteiger partial charge on any atom is -0.320 e. The monoisotopic (exact) mass is 397 g/mol. The number of carbonyl (C=O) groups excluding carboxylic acids is 2. The maximum absolute atomic E-state index is 12.6. The fourth-order valence-corrected chi connectivity index (χ4v) is 2.85. The minimum absolute atomic E-state index is 0.240. The zero-order chi connectivity index (χ0) is 20.3. The Bertz CT molecular complexity index is 1010. The normalized spacial score (nSPS) is 10.8. The predicted octanol–water partition coefficient (Wildman–Crippen LogP) is 4.10. The number of nitrogens with one attached hydrogen (secondary N) is 2. The molecule has 1 aromatic carbocycles. The molecule has 0 bridgehead atoms. The van der Waals surface area contributed by atoms with Crippen LogP contribution in [0, 0.1) is 0 Å². The third-order valence-electron chi connectivity index (χ3n) is 4.13. The van der Waals surface area contributed by atoms with Crippen LogP contribution in [0.1, 0.15) is 46.3 Å². The quantitative estimate of drug-likeness (QED) is 0.678. The summed E-state index contributed by atoms with van der Waals surface area (Å²) in [7, 11) is 1.80. The van der Waals surface area contributed by atoms with Crippen LogP contribution in [0.2, 0.25) is 5.02 Å². The second-order valence-electron chi connectivity index (χ2n) is 6.55. The summed E-state index contributed by atoms with van der Waals surface area (Å²) >= 11 is 5.81. The van der Waals surface area contributed by atoms with Gasteiger partial charge >= 0.3 is 0 Å². The molecule has 0 spiro atoms. The third kappa shape index (κ3) is 4.37. The molecular weight excluding hydrogens is 378 g/mol. The number of aromatic nitrogens is 3. The Labute approximate surface area is 167 Å². The van der Waals surface area contributed by atoms with Gasteiger partial charge in [-0.15, -0.1) is 0 Å². The van der Waals surface area contributed by atoms with Crippen molar-refractivity contribution in [1.29, 1.82) is 0 Å². The zero-order valence-electron chi connectivity index (χ0n) is 15.7. The number of carbonyl (C=O) groups is 2. The molecule has 0 saturated carbocycles. The SMILES string of the molecule is CC(C)c1cc(C(=O)Nc2ccccc2C(=O)Nc2ccc(Cl)cn2)nn1C. The molecule has 2 aromatic heterocycles. The van der Waals surface area contributed by atoms with Gasteiger partial charge in [-0.3, -0.25) is 14.3 Å². The Kier molecular flexibility index (Phi) is 5.75. The average Bonchev–Trinajstić information content (AvgIpc) is 3.06. The number of hydrogen-bond donors (Lipinski definition) is 2. The van der Waals surface area contributed by atoms with E-state index in [4.69, 9.17) is 11.6 Å². The summed E-state index contributed by atoms with van der Waals surface area (Å²) in [5.41, 5.74) is 1.94. The van der Waals surface area contributed by atoms with Crippen molar-refractivity contribution in [1.82, 2.24) is 14.8 Å². The van der Waals surface area contributed by atoms with E-state index < -0.39 is 5.91 Å². The molecule has 3 aromatic rings. The smallest absolute Gasteiger partial charge is 0.276 e. The van der Waals surface area contributed by atoms with E-state index >= 15 is 0 Å². The van der Waals surface area contributed by atoms with Gasteiger partial charge in [-0.05, 0) is 36.2 Å². The number of anilines is 2. The van der Waals surface area contributed by atoms with Crippen LogP contribution in [0.25, 0.3) is 0 Å².